The number of thiazole rings is 1. The first kappa shape index (κ1) is 13.3. The molecule has 2 rings (SSSR count). The third-order valence-corrected chi connectivity index (χ3v) is 4.16. The number of H-pyrrole nitrogens is 1. The molecule has 0 saturated heterocycles. The lowest BCUT2D eigenvalue weighted by atomic mass is 9.93. The number of rotatable bonds is 6. The van der Waals surface area contributed by atoms with Gasteiger partial charge in [-0.25, -0.2) is 4.98 Å². The van der Waals surface area contributed by atoms with Crippen LogP contribution in [0, 0.1) is 11.8 Å². The Morgan fingerprint density at radius 1 is 1.44 bits per heavy atom. The predicted molar refractivity (Wildman–Crippen MR) is 77.9 cm³/mol. The van der Waals surface area contributed by atoms with Crippen molar-refractivity contribution in [2.75, 3.05) is 13.6 Å². The van der Waals surface area contributed by atoms with Crippen molar-refractivity contribution in [1.29, 1.82) is 0 Å². The summed E-state index contributed by atoms with van der Waals surface area (Å²) in [6, 6.07) is 2.06. The SMILES string of the molecule is CNCC(Cc1nc(-c2cc[nH]c2)cs1)C(C)C. The molecule has 0 aliphatic carbocycles. The van der Waals surface area contributed by atoms with Crippen molar-refractivity contribution in [3.05, 3.63) is 28.8 Å². The summed E-state index contributed by atoms with van der Waals surface area (Å²) in [5.41, 5.74) is 2.26. The molecule has 2 aromatic heterocycles. The van der Waals surface area contributed by atoms with Gasteiger partial charge in [0.25, 0.3) is 0 Å². The van der Waals surface area contributed by atoms with E-state index >= 15 is 0 Å². The Morgan fingerprint density at radius 2 is 2.28 bits per heavy atom. The van der Waals surface area contributed by atoms with E-state index in [-0.39, 0.29) is 0 Å². The Labute approximate surface area is 113 Å². The standard InChI is InChI=1S/C14H21N3S/c1-10(2)12(7-15-3)6-14-17-13(9-18-14)11-4-5-16-8-11/h4-5,8-10,12,15-16H,6-7H2,1-3H3. The molecule has 0 radical (unpaired) electrons. The first-order chi connectivity index (χ1) is 8.70. The zero-order chi connectivity index (χ0) is 13.0. The highest BCUT2D eigenvalue weighted by Gasteiger charge is 2.15. The molecule has 2 N–H and O–H groups in total. The van der Waals surface area contributed by atoms with Gasteiger partial charge in [-0.1, -0.05) is 13.8 Å². The van der Waals surface area contributed by atoms with Crippen LogP contribution in [0.1, 0.15) is 18.9 Å². The summed E-state index contributed by atoms with van der Waals surface area (Å²) in [4.78, 5) is 7.80. The number of nitrogens with zero attached hydrogens (tertiary/aromatic N) is 1. The van der Waals surface area contributed by atoms with Gasteiger partial charge in [-0.2, -0.15) is 0 Å². The molecular weight excluding hydrogens is 242 g/mol. The molecule has 18 heavy (non-hydrogen) atoms. The Balaban J connectivity index is 2.06. The fourth-order valence-electron chi connectivity index (χ4n) is 2.05. The van der Waals surface area contributed by atoms with Crippen molar-refractivity contribution in [3.63, 3.8) is 0 Å². The van der Waals surface area contributed by atoms with E-state index in [1.165, 1.54) is 10.6 Å². The molecule has 0 aliphatic heterocycles. The number of nitrogens with one attached hydrogen (secondary N) is 2. The van der Waals surface area contributed by atoms with Gasteiger partial charge in [0.05, 0.1) is 10.7 Å². The van der Waals surface area contributed by atoms with Crippen LogP contribution in [-0.2, 0) is 6.42 Å². The van der Waals surface area contributed by atoms with E-state index in [0.29, 0.717) is 11.8 Å². The van der Waals surface area contributed by atoms with E-state index in [0.717, 1.165) is 18.7 Å². The topological polar surface area (TPSA) is 40.7 Å². The van der Waals surface area contributed by atoms with Gasteiger partial charge < -0.3 is 10.3 Å². The molecule has 1 atom stereocenters. The van der Waals surface area contributed by atoms with Crippen LogP contribution in [0.3, 0.4) is 0 Å². The second-order valence-electron chi connectivity index (χ2n) is 4.99. The molecule has 0 bridgehead atoms. The molecule has 1 unspecified atom stereocenters. The van der Waals surface area contributed by atoms with Crippen LogP contribution in [0.25, 0.3) is 11.3 Å². The highest BCUT2D eigenvalue weighted by atomic mass is 32.1. The molecular formula is C14H21N3S. The van der Waals surface area contributed by atoms with E-state index in [4.69, 9.17) is 4.98 Å². The van der Waals surface area contributed by atoms with Crippen LogP contribution in [0.15, 0.2) is 23.8 Å². The number of aromatic amines is 1. The third kappa shape index (κ3) is 3.21. The van der Waals surface area contributed by atoms with Gasteiger partial charge in [-0.15, -0.1) is 11.3 Å². The highest BCUT2D eigenvalue weighted by molar-refractivity contribution is 7.09. The second kappa shape index (κ2) is 6.16. The Bertz CT molecular complexity index is 459. The van der Waals surface area contributed by atoms with Gasteiger partial charge in [0.1, 0.15) is 0 Å². The minimum absolute atomic E-state index is 0.653. The molecule has 0 amide bonds. The summed E-state index contributed by atoms with van der Waals surface area (Å²) in [7, 11) is 2.02. The zero-order valence-corrected chi connectivity index (χ0v) is 12.1. The average molecular weight is 263 g/mol. The van der Waals surface area contributed by atoms with Crippen molar-refractivity contribution >= 4 is 11.3 Å². The van der Waals surface area contributed by atoms with Crippen molar-refractivity contribution in [2.24, 2.45) is 11.8 Å². The number of aromatic nitrogens is 2. The first-order valence-electron chi connectivity index (χ1n) is 6.43. The second-order valence-corrected chi connectivity index (χ2v) is 5.93. The lowest BCUT2D eigenvalue weighted by Crippen LogP contribution is -2.25. The van der Waals surface area contributed by atoms with E-state index < -0.39 is 0 Å². The summed E-state index contributed by atoms with van der Waals surface area (Å²) in [6.45, 7) is 5.61. The zero-order valence-electron chi connectivity index (χ0n) is 11.2. The highest BCUT2D eigenvalue weighted by Crippen LogP contribution is 2.24. The fraction of sp³-hybridized carbons (Fsp3) is 0.500. The van der Waals surface area contributed by atoms with Gasteiger partial charge >= 0.3 is 0 Å². The van der Waals surface area contributed by atoms with E-state index in [9.17, 15) is 0 Å². The van der Waals surface area contributed by atoms with Gasteiger partial charge in [-0.3, -0.25) is 0 Å². The van der Waals surface area contributed by atoms with Crippen LogP contribution in [0.4, 0.5) is 0 Å². The van der Waals surface area contributed by atoms with E-state index in [1.807, 2.05) is 19.4 Å². The quantitative estimate of drug-likeness (QED) is 0.840. The normalized spacial score (nSPS) is 13.1. The maximum absolute atomic E-state index is 4.73. The summed E-state index contributed by atoms with van der Waals surface area (Å²) in [5, 5.41) is 6.66. The maximum atomic E-state index is 4.73. The van der Waals surface area contributed by atoms with Crippen molar-refractivity contribution in [2.45, 2.75) is 20.3 Å². The van der Waals surface area contributed by atoms with Crippen molar-refractivity contribution in [3.8, 4) is 11.3 Å². The smallest absolute Gasteiger partial charge is 0.0935 e. The fourth-order valence-corrected chi connectivity index (χ4v) is 2.95. The molecule has 0 spiro atoms. The maximum Gasteiger partial charge on any atom is 0.0935 e. The Kier molecular flexibility index (Phi) is 4.55. The Hall–Kier alpha value is -1.13. The molecule has 0 fully saturated rings. The van der Waals surface area contributed by atoms with Crippen LogP contribution in [0.5, 0.6) is 0 Å². The molecule has 0 aromatic carbocycles. The van der Waals surface area contributed by atoms with Crippen LogP contribution in [0.2, 0.25) is 0 Å². The van der Waals surface area contributed by atoms with E-state index in [1.54, 1.807) is 11.3 Å². The van der Waals surface area contributed by atoms with Gasteiger partial charge in [0.2, 0.25) is 0 Å². The molecule has 2 heterocycles. The van der Waals surface area contributed by atoms with Crippen molar-refractivity contribution < 1.29 is 0 Å². The predicted octanol–water partition coefficient (Wildman–Crippen LogP) is 3.17. The largest absolute Gasteiger partial charge is 0.367 e. The molecule has 98 valence electrons. The number of hydrogen-bond acceptors (Lipinski definition) is 3. The van der Waals surface area contributed by atoms with E-state index in [2.05, 4.69) is 35.6 Å². The lowest BCUT2D eigenvalue weighted by molar-refractivity contribution is 0.370. The first-order valence-corrected chi connectivity index (χ1v) is 7.31. The molecule has 3 nitrogen and oxygen atoms in total. The van der Waals surface area contributed by atoms with Gasteiger partial charge in [-0.05, 0) is 31.5 Å². The Morgan fingerprint density at radius 3 is 2.89 bits per heavy atom. The summed E-state index contributed by atoms with van der Waals surface area (Å²) >= 11 is 1.77. The monoisotopic (exact) mass is 263 g/mol. The molecule has 0 aliphatic rings. The lowest BCUT2D eigenvalue weighted by Gasteiger charge is -2.18. The van der Waals surface area contributed by atoms with Crippen LogP contribution in [-0.4, -0.2) is 23.6 Å². The molecule has 2 aromatic rings. The average Bonchev–Trinajstić information content (AvgIpc) is 2.98. The van der Waals surface area contributed by atoms with Crippen LogP contribution < -0.4 is 5.32 Å². The van der Waals surface area contributed by atoms with Crippen molar-refractivity contribution in [1.82, 2.24) is 15.3 Å². The summed E-state index contributed by atoms with van der Waals surface area (Å²) in [5.74, 6) is 1.33. The minimum atomic E-state index is 0.653. The summed E-state index contributed by atoms with van der Waals surface area (Å²) in [6.07, 6.45) is 4.99. The third-order valence-electron chi connectivity index (χ3n) is 3.29. The minimum Gasteiger partial charge on any atom is -0.367 e. The molecule has 4 heteroatoms. The molecule has 0 saturated carbocycles. The summed E-state index contributed by atoms with van der Waals surface area (Å²) < 4.78 is 0. The van der Waals surface area contributed by atoms with Gasteiger partial charge in [0, 0.05) is 29.8 Å². The number of hydrogen-bond donors (Lipinski definition) is 2. The van der Waals surface area contributed by atoms with Gasteiger partial charge in [0.15, 0.2) is 0 Å². The van der Waals surface area contributed by atoms with Crippen LogP contribution >= 0.6 is 11.3 Å².